The van der Waals surface area contributed by atoms with Gasteiger partial charge in [-0.2, -0.15) is 0 Å². The van der Waals surface area contributed by atoms with Crippen molar-refractivity contribution < 1.29 is 9.53 Å². The summed E-state index contributed by atoms with van der Waals surface area (Å²) in [6.07, 6.45) is 2.62. The molecule has 0 aliphatic carbocycles. The van der Waals surface area contributed by atoms with Gasteiger partial charge in [-0.25, -0.2) is 4.98 Å². The second kappa shape index (κ2) is 6.74. The number of hydrogen-bond donors (Lipinski definition) is 1. The molecule has 1 amide bonds. The van der Waals surface area contributed by atoms with Gasteiger partial charge in [0.25, 0.3) is 0 Å². The maximum absolute atomic E-state index is 11.2. The first-order valence-corrected chi connectivity index (χ1v) is 9.10. The van der Waals surface area contributed by atoms with Gasteiger partial charge in [-0.15, -0.1) is 0 Å². The molecule has 0 saturated carbocycles. The highest BCUT2D eigenvalue weighted by Crippen LogP contribution is 2.39. The van der Waals surface area contributed by atoms with E-state index in [4.69, 9.17) is 16.3 Å². The Morgan fingerprint density at radius 2 is 2.07 bits per heavy atom. The van der Waals surface area contributed by atoms with E-state index in [0.717, 1.165) is 39.0 Å². The molecule has 2 heterocycles. The molecule has 0 unspecified atom stereocenters. The summed E-state index contributed by atoms with van der Waals surface area (Å²) < 4.78 is 5.40. The van der Waals surface area contributed by atoms with Crippen LogP contribution in [0.1, 0.15) is 11.1 Å². The van der Waals surface area contributed by atoms with Crippen LogP contribution in [0.25, 0.3) is 10.8 Å². The van der Waals surface area contributed by atoms with Crippen molar-refractivity contribution in [3.05, 3.63) is 64.8 Å². The molecule has 1 aromatic heterocycles. The van der Waals surface area contributed by atoms with E-state index in [1.807, 2.05) is 43.3 Å². The lowest BCUT2D eigenvalue weighted by Crippen LogP contribution is -2.63. The van der Waals surface area contributed by atoms with Gasteiger partial charge in [0, 0.05) is 35.4 Å². The van der Waals surface area contributed by atoms with Crippen molar-refractivity contribution >= 4 is 34.5 Å². The van der Waals surface area contributed by atoms with Crippen molar-refractivity contribution in [3.63, 3.8) is 0 Å². The number of aromatic nitrogens is 1. The third-order valence-corrected chi connectivity index (χ3v) is 5.59. The highest BCUT2D eigenvalue weighted by atomic mass is 35.5. The minimum Gasteiger partial charge on any atom is -0.481 e. The fourth-order valence-electron chi connectivity index (χ4n) is 3.82. The van der Waals surface area contributed by atoms with Crippen LogP contribution in [0.5, 0.6) is 5.88 Å². The number of amides is 1. The number of nitrogens with one attached hydrogen (secondary N) is 1. The smallest absolute Gasteiger partial charge is 0.221 e. The minimum atomic E-state index is -0.376. The van der Waals surface area contributed by atoms with Gasteiger partial charge in [-0.05, 0) is 47.7 Å². The molecule has 0 radical (unpaired) electrons. The normalized spacial score (nSPS) is 15.3. The molecule has 0 spiro atoms. The summed E-state index contributed by atoms with van der Waals surface area (Å²) in [6.45, 7) is 3.18. The third kappa shape index (κ3) is 2.98. The fraction of sp³-hybridized carbons (Fsp3) is 0.238. The summed E-state index contributed by atoms with van der Waals surface area (Å²) in [5, 5.41) is 6.36. The fourth-order valence-corrected chi connectivity index (χ4v) is 4.00. The molecule has 1 aliphatic rings. The van der Waals surface area contributed by atoms with Crippen molar-refractivity contribution in [3.8, 4) is 5.88 Å². The standard InChI is InChI=1S/C21H20ClN3O2/c1-14-18(4-3-5-19(14)22)21(11-25(12-21)13-26)24-16-7-6-15-8-9-23-20(27-2)17(15)10-16/h3-10,13,24H,11-12H2,1-2H3. The highest BCUT2D eigenvalue weighted by Gasteiger charge is 2.45. The maximum Gasteiger partial charge on any atom is 0.221 e. The molecule has 4 rings (SSSR count). The van der Waals surface area contributed by atoms with Crippen LogP contribution >= 0.6 is 11.6 Å². The van der Waals surface area contributed by atoms with E-state index in [-0.39, 0.29) is 5.54 Å². The monoisotopic (exact) mass is 381 g/mol. The average molecular weight is 382 g/mol. The van der Waals surface area contributed by atoms with Crippen molar-refractivity contribution in [2.45, 2.75) is 12.5 Å². The van der Waals surface area contributed by atoms with Crippen LogP contribution in [0.4, 0.5) is 5.69 Å². The van der Waals surface area contributed by atoms with E-state index >= 15 is 0 Å². The van der Waals surface area contributed by atoms with Gasteiger partial charge in [0.05, 0.1) is 12.6 Å². The first kappa shape index (κ1) is 17.6. The predicted molar refractivity (Wildman–Crippen MR) is 107 cm³/mol. The topological polar surface area (TPSA) is 54.5 Å². The molecule has 1 fully saturated rings. The zero-order valence-electron chi connectivity index (χ0n) is 15.2. The van der Waals surface area contributed by atoms with E-state index in [0.29, 0.717) is 19.0 Å². The lowest BCUT2D eigenvalue weighted by molar-refractivity contribution is -0.124. The van der Waals surface area contributed by atoms with Crippen molar-refractivity contribution in [2.75, 3.05) is 25.5 Å². The number of carbonyl (C=O) groups is 1. The van der Waals surface area contributed by atoms with Crippen LogP contribution in [-0.2, 0) is 10.3 Å². The van der Waals surface area contributed by atoms with Gasteiger partial charge in [-0.1, -0.05) is 29.8 Å². The molecular formula is C21H20ClN3O2. The van der Waals surface area contributed by atoms with Gasteiger partial charge in [0.1, 0.15) is 0 Å². The summed E-state index contributed by atoms with van der Waals surface area (Å²) in [6, 6.07) is 14.0. The van der Waals surface area contributed by atoms with Crippen LogP contribution < -0.4 is 10.1 Å². The summed E-state index contributed by atoms with van der Waals surface area (Å²) >= 11 is 6.36. The second-order valence-electron chi connectivity index (χ2n) is 6.89. The largest absolute Gasteiger partial charge is 0.481 e. The van der Waals surface area contributed by atoms with Gasteiger partial charge in [0.2, 0.25) is 12.3 Å². The number of hydrogen-bond acceptors (Lipinski definition) is 4. The Morgan fingerprint density at radius 3 is 2.81 bits per heavy atom. The van der Waals surface area contributed by atoms with Crippen molar-refractivity contribution in [1.29, 1.82) is 0 Å². The lowest BCUT2D eigenvalue weighted by Gasteiger charge is -2.50. The predicted octanol–water partition coefficient (Wildman–Crippen LogP) is 3.98. The summed E-state index contributed by atoms with van der Waals surface area (Å²) in [5.41, 5.74) is 2.70. The van der Waals surface area contributed by atoms with Gasteiger partial charge in [-0.3, -0.25) is 4.79 Å². The number of pyridine rings is 1. The number of benzene rings is 2. The number of likely N-dealkylation sites (tertiary alicyclic amines) is 1. The molecule has 27 heavy (non-hydrogen) atoms. The lowest BCUT2D eigenvalue weighted by atomic mass is 9.80. The molecule has 1 saturated heterocycles. The number of anilines is 1. The molecule has 0 atom stereocenters. The number of halogens is 1. The van der Waals surface area contributed by atoms with Crippen LogP contribution in [0.15, 0.2) is 48.7 Å². The Morgan fingerprint density at radius 1 is 1.26 bits per heavy atom. The summed E-state index contributed by atoms with van der Waals surface area (Å²) in [7, 11) is 1.62. The molecule has 1 N–H and O–H groups in total. The van der Waals surface area contributed by atoms with E-state index in [1.54, 1.807) is 18.2 Å². The zero-order chi connectivity index (χ0) is 19.0. The third-order valence-electron chi connectivity index (χ3n) is 5.18. The van der Waals surface area contributed by atoms with Gasteiger partial charge in [0.15, 0.2) is 0 Å². The van der Waals surface area contributed by atoms with Crippen LogP contribution in [-0.4, -0.2) is 36.5 Å². The van der Waals surface area contributed by atoms with Crippen molar-refractivity contribution in [2.24, 2.45) is 0 Å². The van der Waals surface area contributed by atoms with Crippen LogP contribution in [0.2, 0.25) is 5.02 Å². The highest BCUT2D eigenvalue weighted by molar-refractivity contribution is 6.31. The quantitative estimate of drug-likeness (QED) is 0.679. The summed E-state index contributed by atoms with van der Waals surface area (Å²) in [5.74, 6) is 0.590. The van der Waals surface area contributed by atoms with E-state index < -0.39 is 0 Å². The van der Waals surface area contributed by atoms with Gasteiger partial charge < -0.3 is 15.0 Å². The average Bonchev–Trinajstić information content (AvgIpc) is 2.66. The van der Waals surface area contributed by atoms with E-state index in [1.165, 1.54) is 0 Å². The molecule has 138 valence electrons. The van der Waals surface area contributed by atoms with Crippen LogP contribution in [0.3, 0.4) is 0 Å². The molecule has 1 aliphatic heterocycles. The Balaban J connectivity index is 1.76. The number of methoxy groups -OCH3 is 1. The van der Waals surface area contributed by atoms with E-state index in [2.05, 4.69) is 16.4 Å². The summed E-state index contributed by atoms with van der Waals surface area (Å²) in [4.78, 5) is 17.2. The Bertz CT molecular complexity index is 1020. The van der Waals surface area contributed by atoms with E-state index in [9.17, 15) is 4.79 Å². The Labute approximate surface area is 162 Å². The maximum atomic E-state index is 11.2. The molecule has 3 aromatic rings. The molecular weight excluding hydrogens is 362 g/mol. The number of rotatable bonds is 5. The van der Waals surface area contributed by atoms with Crippen LogP contribution in [0, 0.1) is 6.92 Å². The zero-order valence-corrected chi connectivity index (χ0v) is 16.0. The SMILES string of the molecule is COc1nccc2ccc(NC3(c4cccc(Cl)c4C)CN(C=O)C3)cc12. The Hall–Kier alpha value is -2.79. The first-order valence-electron chi connectivity index (χ1n) is 8.72. The van der Waals surface area contributed by atoms with Crippen molar-refractivity contribution in [1.82, 2.24) is 9.88 Å². The molecule has 5 nitrogen and oxygen atoms in total. The first-order chi connectivity index (χ1) is 13.1. The second-order valence-corrected chi connectivity index (χ2v) is 7.29. The Kier molecular flexibility index (Phi) is 4.40. The van der Waals surface area contributed by atoms with Gasteiger partial charge >= 0.3 is 0 Å². The minimum absolute atomic E-state index is 0.376. The number of carbonyl (C=O) groups excluding carboxylic acids is 1. The number of ether oxygens (including phenoxy) is 1. The molecule has 0 bridgehead atoms. The molecule has 2 aromatic carbocycles. The number of nitrogens with zero attached hydrogens (tertiary/aromatic N) is 2. The molecule has 6 heteroatoms. The number of fused-ring (bicyclic) bond motifs is 1.